The molecule has 1 aromatic heterocycles. The predicted molar refractivity (Wildman–Crippen MR) is 93.3 cm³/mol. The second-order valence-electron chi connectivity index (χ2n) is 5.56. The lowest BCUT2D eigenvalue weighted by atomic mass is 10.1. The van der Waals surface area contributed by atoms with Crippen molar-refractivity contribution in [2.75, 3.05) is 31.0 Å². The van der Waals surface area contributed by atoms with Crippen LogP contribution in [-0.4, -0.2) is 42.8 Å². The Morgan fingerprint density at radius 3 is 2.76 bits per heavy atom. The molecule has 1 aliphatic rings. The van der Waals surface area contributed by atoms with Crippen LogP contribution in [0.25, 0.3) is 0 Å². The van der Waals surface area contributed by atoms with Gasteiger partial charge in [0.25, 0.3) is 0 Å². The number of rotatable bonds is 5. The summed E-state index contributed by atoms with van der Waals surface area (Å²) in [7, 11) is 3.09. The zero-order valence-corrected chi connectivity index (χ0v) is 14.9. The van der Waals surface area contributed by atoms with Gasteiger partial charge in [-0.2, -0.15) is 0 Å². The van der Waals surface area contributed by atoms with Crippen LogP contribution in [0.15, 0.2) is 18.2 Å². The number of anilines is 2. The normalized spacial score (nSPS) is 16.8. The van der Waals surface area contributed by atoms with Gasteiger partial charge in [-0.05, 0) is 19.1 Å². The lowest BCUT2D eigenvalue weighted by molar-refractivity contribution is -0.122. The quantitative estimate of drug-likeness (QED) is 0.872. The van der Waals surface area contributed by atoms with E-state index in [1.807, 2.05) is 6.92 Å². The molecule has 8 nitrogen and oxygen atoms in total. The molecule has 25 heavy (non-hydrogen) atoms. The van der Waals surface area contributed by atoms with Crippen LogP contribution in [0, 0.1) is 12.8 Å². The Balaban J connectivity index is 1.75. The molecule has 1 aromatic carbocycles. The van der Waals surface area contributed by atoms with Gasteiger partial charge in [0.2, 0.25) is 16.9 Å². The van der Waals surface area contributed by atoms with Gasteiger partial charge in [-0.3, -0.25) is 9.59 Å². The van der Waals surface area contributed by atoms with Gasteiger partial charge in [0, 0.05) is 19.0 Å². The second-order valence-corrected chi connectivity index (χ2v) is 6.74. The van der Waals surface area contributed by atoms with E-state index in [0.29, 0.717) is 22.3 Å². The highest BCUT2D eigenvalue weighted by Crippen LogP contribution is 2.36. The van der Waals surface area contributed by atoms with E-state index in [9.17, 15) is 9.59 Å². The van der Waals surface area contributed by atoms with Crippen molar-refractivity contribution in [1.82, 2.24) is 10.2 Å². The number of aryl methyl sites for hydroxylation is 1. The molecule has 0 saturated carbocycles. The predicted octanol–water partition coefficient (Wildman–Crippen LogP) is 1.86. The van der Waals surface area contributed by atoms with Crippen LogP contribution in [0.3, 0.4) is 0 Å². The number of hydrogen-bond acceptors (Lipinski definition) is 7. The third kappa shape index (κ3) is 3.55. The van der Waals surface area contributed by atoms with Gasteiger partial charge in [-0.15, -0.1) is 10.2 Å². The second kappa shape index (κ2) is 7.06. The molecule has 0 aliphatic carbocycles. The molecule has 1 unspecified atom stereocenters. The van der Waals surface area contributed by atoms with Crippen molar-refractivity contribution in [2.24, 2.45) is 5.92 Å². The molecule has 0 radical (unpaired) electrons. The average Bonchev–Trinajstić information content (AvgIpc) is 3.19. The number of carbonyl (C=O) groups excluding carboxylic acids is 2. The topological polar surface area (TPSA) is 93.6 Å². The lowest BCUT2D eigenvalue weighted by Crippen LogP contribution is -2.28. The molecule has 132 valence electrons. The summed E-state index contributed by atoms with van der Waals surface area (Å²) in [6.45, 7) is 2.09. The summed E-state index contributed by atoms with van der Waals surface area (Å²) in [5, 5.41) is 11.7. The number of benzene rings is 1. The fourth-order valence-electron chi connectivity index (χ4n) is 2.68. The van der Waals surface area contributed by atoms with Crippen molar-refractivity contribution in [3.63, 3.8) is 0 Å². The van der Waals surface area contributed by atoms with Crippen molar-refractivity contribution in [1.29, 1.82) is 0 Å². The Bertz CT molecular complexity index is 807. The van der Waals surface area contributed by atoms with E-state index < -0.39 is 5.92 Å². The van der Waals surface area contributed by atoms with Gasteiger partial charge < -0.3 is 19.7 Å². The summed E-state index contributed by atoms with van der Waals surface area (Å²) in [6.07, 6.45) is 0.138. The third-order valence-corrected chi connectivity index (χ3v) is 4.68. The maximum absolute atomic E-state index is 12.4. The number of nitrogens with zero attached hydrogens (tertiary/aromatic N) is 3. The van der Waals surface area contributed by atoms with Crippen LogP contribution in [0.2, 0.25) is 0 Å². The summed E-state index contributed by atoms with van der Waals surface area (Å²) in [5.74, 6) is 0.335. The number of amides is 2. The molecule has 2 aromatic rings. The number of ether oxygens (including phenoxy) is 2. The van der Waals surface area contributed by atoms with E-state index >= 15 is 0 Å². The molecule has 1 N–H and O–H groups in total. The Labute approximate surface area is 148 Å². The van der Waals surface area contributed by atoms with E-state index in [0.717, 1.165) is 5.01 Å². The van der Waals surface area contributed by atoms with Crippen molar-refractivity contribution in [2.45, 2.75) is 13.3 Å². The minimum absolute atomic E-state index is 0.128. The van der Waals surface area contributed by atoms with Gasteiger partial charge >= 0.3 is 0 Å². The smallest absolute Gasteiger partial charge is 0.231 e. The first-order valence-corrected chi connectivity index (χ1v) is 8.47. The molecule has 0 bridgehead atoms. The first-order chi connectivity index (χ1) is 12.0. The molecule has 1 atom stereocenters. The average molecular weight is 362 g/mol. The van der Waals surface area contributed by atoms with Crippen molar-refractivity contribution in [3.05, 3.63) is 23.2 Å². The Morgan fingerprint density at radius 2 is 2.12 bits per heavy atom. The lowest BCUT2D eigenvalue weighted by Gasteiger charge is -2.20. The monoisotopic (exact) mass is 362 g/mol. The molecule has 3 rings (SSSR count). The van der Waals surface area contributed by atoms with Crippen LogP contribution in [0.1, 0.15) is 11.4 Å². The highest BCUT2D eigenvalue weighted by atomic mass is 32.1. The molecular weight excluding hydrogens is 344 g/mol. The van der Waals surface area contributed by atoms with Gasteiger partial charge in [0.1, 0.15) is 16.5 Å². The number of nitrogens with one attached hydrogen (secondary N) is 1. The van der Waals surface area contributed by atoms with E-state index in [1.165, 1.54) is 18.4 Å². The zero-order valence-electron chi connectivity index (χ0n) is 14.1. The van der Waals surface area contributed by atoms with Crippen LogP contribution in [0.5, 0.6) is 11.5 Å². The van der Waals surface area contributed by atoms with E-state index in [1.54, 1.807) is 30.2 Å². The van der Waals surface area contributed by atoms with Gasteiger partial charge in [0.15, 0.2) is 0 Å². The first-order valence-electron chi connectivity index (χ1n) is 7.65. The minimum Gasteiger partial charge on any atom is -0.497 e. The van der Waals surface area contributed by atoms with Gasteiger partial charge in [0.05, 0.1) is 25.8 Å². The number of methoxy groups -OCH3 is 2. The van der Waals surface area contributed by atoms with Gasteiger partial charge in [-0.25, -0.2) is 0 Å². The standard InChI is InChI=1S/C16H18N4O4S/c1-9-18-19-16(25-9)17-15(22)10-6-14(21)20(8-10)12-5-4-11(23-2)7-13(12)24-3/h4-5,7,10H,6,8H2,1-3H3,(H,17,19,22). The van der Waals surface area contributed by atoms with Crippen molar-refractivity contribution >= 4 is 34.0 Å². The summed E-state index contributed by atoms with van der Waals surface area (Å²) in [5.41, 5.74) is 0.621. The Kier molecular flexibility index (Phi) is 4.84. The highest BCUT2D eigenvalue weighted by Gasteiger charge is 2.36. The van der Waals surface area contributed by atoms with Crippen LogP contribution in [0.4, 0.5) is 10.8 Å². The molecule has 2 amide bonds. The Hall–Kier alpha value is -2.68. The highest BCUT2D eigenvalue weighted by molar-refractivity contribution is 7.15. The van der Waals surface area contributed by atoms with E-state index in [2.05, 4.69) is 15.5 Å². The zero-order chi connectivity index (χ0) is 18.0. The van der Waals surface area contributed by atoms with Crippen LogP contribution in [-0.2, 0) is 9.59 Å². The first kappa shape index (κ1) is 17.2. The van der Waals surface area contributed by atoms with Crippen LogP contribution >= 0.6 is 11.3 Å². The fraction of sp³-hybridized carbons (Fsp3) is 0.375. The SMILES string of the molecule is COc1ccc(N2CC(C(=O)Nc3nnc(C)s3)CC2=O)c(OC)c1. The van der Waals surface area contributed by atoms with E-state index in [4.69, 9.17) is 9.47 Å². The molecule has 1 fully saturated rings. The molecule has 0 spiro atoms. The minimum atomic E-state index is -0.455. The Morgan fingerprint density at radius 1 is 1.32 bits per heavy atom. The molecule has 2 heterocycles. The van der Waals surface area contributed by atoms with Crippen molar-refractivity contribution in [3.8, 4) is 11.5 Å². The summed E-state index contributed by atoms with van der Waals surface area (Å²) in [6, 6.07) is 5.21. The summed E-state index contributed by atoms with van der Waals surface area (Å²) >= 11 is 1.30. The van der Waals surface area contributed by atoms with Crippen LogP contribution < -0.4 is 19.7 Å². The maximum atomic E-state index is 12.4. The number of carbonyl (C=O) groups is 2. The molecule has 1 saturated heterocycles. The fourth-order valence-corrected chi connectivity index (χ4v) is 3.27. The summed E-state index contributed by atoms with van der Waals surface area (Å²) < 4.78 is 10.5. The molecular formula is C16H18N4O4S. The summed E-state index contributed by atoms with van der Waals surface area (Å²) in [4.78, 5) is 26.4. The largest absolute Gasteiger partial charge is 0.497 e. The molecule has 1 aliphatic heterocycles. The van der Waals surface area contributed by atoms with Gasteiger partial charge in [-0.1, -0.05) is 11.3 Å². The third-order valence-electron chi connectivity index (χ3n) is 3.93. The molecule has 9 heteroatoms. The number of hydrogen-bond donors (Lipinski definition) is 1. The van der Waals surface area contributed by atoms with E-state index in [-0.39, 0.29) is 24.8 Å². The van der Waals surface area contributed by atoms with Crippen molar-refractivity contribution < 1.29 is 19.1 Å². The number of aromatic nitrogens is 2. The maximum Gasteiger partial charge on any atom is 0.231 e.